The van der Waals surface area contributed by atoms with Gasteiger partial charge in [0.15, 0.2) is 0 Å². The van der Waals surface area contributed by atoms with Crippen LogP contribution in [-0.4, -0.2) is 5.97 Å². The molecule has 0 saturated carbocycles. The molecule has 0 N–H and O–H groups in total. The van der Waals surface area contributed by atoms with Crippen molar-refractivity contribution < 1.29 is 9.53 Å². The maximum Gasteiger partial charge on any atom is 0.311 e. The van der Waals surface area contributed by atoms with Gasteiger partial charge in [0.2, 0.25) is 0 Å². The number of unbranched alkanes of at least 4 members (excludes halogenated alkanes) is 1. The Morgan fingerprint density at radius 3 is 1.61 bits per heavy atom. The smallest absolute Gasteiger partial charge is 0.311 e. The summed E-state index contributed by atoms with van der Waals surface area (Å²) in [5.41, 5.74) is 4.03. The van der Waals surface area contributed by atoms with E-state index in [9.17, 15) is 4.79 Å². The molecule has 4 aromatic carbocycles. The molecule has 0 aromatic heterocycles. The normalized spacial score (nSPS) is 10.0. The van der Waals surface area contributed by atoms with Crippen molar-refractivity contribution >= 4 is 21.9 Å². The zero-order valence-electron chi connectivity index (χ0n) is 20.8. The monoisotopic (exact) mass is 556 g/mol. The zero-order valence-corrected chi connectivity index (χ0v) is 22.4. The molecule has 0 amide bonds. The number of carbonyl (C=O) groups excluding carboxylic acids is 1. The van der Waals surface area contributed by atoms with Crippen LogP contribution in [0.3, 0.4) is 0 Å². The Labute approximate surface area is 233 Å². The zero-order chi connectivity index (χ0) is 26.5. The quantitative estimate of drug-likeness (QED) is 0.0737. The SMILES string of the molecule is O=C(CCCC#CC#CC#CBr)Oc1ccc(C(c2ccccc2)(c2ccccc2)c2ccccc2)cc1. The highest BCUT2D eigenvalue weighted by Crippen LogP contribution is 2.45. The van der Waals surface area contributed by atoms with Gasteiger partial charge in [-0.25, -0.2) is 0 Å². The van der Waals surface area contributed by atoms with Gasteiger partial charge in [0.25, 0.3) is 0 Å². The molecule has 4 aromatic rings. The fourth-order valence-electron chi connectivity index (χ4n) is 4.53. The first-order valence-electron chi connectivity index (χ1n) is 12.3. The predicted octanol–water partition coefficient (Wildman–Crippen LogP) is 7.51. The lowest BCUT2D eigenvalue weighted by atomic mass is 9.65. The maximum absolute atomic E-state index is 12.4. The second-order valence-electron chi connectivity index (χ2n) is 8.47. The summed E-state index contributed by atoms with van der Waals surface area (Å²) in [5, 5.41) is 0. The third kappa shape index (κ3) is 6.44. The number of benzene rings is 4. The van der Waals surface area contributed by atoms with Crippen molar-refractivity contribution in [1.82, 2.24) is 0 Å². The number of rotatable bonds is 8. The first kappa shape index (κ1) is 26.6. The van der Waals surface area contributed by atoms with E-state index < -0.39 is 5.41 Å². The molecule has 0 aliphatic heterocycles. The Morgan fingerprint density at radius 1 is 0.632 bits per heavy atom. The van der Waals surface area contributed by atoms with Crippen molar-refractivity contribution in [3.63, 3.8) is 0 Å². The second kappa shape index (κ2) is 13.7. The molecule has 0 heterocycles. The summed E-state index contributed by atoms with van der Waals surface area (Å²) in [6.45, 7) is 0. The van der Waals surface area contributed by atoms with Crippen molar-refractivity contribution in [2.24, 2.45) is 0 Å². The van der Waals surface area contributed by atoms with Gasteiger partial charge in [-0.3, -0.25) is 4.79 Å². The molecule has 0 saturated heterocycles. The molecule has 38 heavy (non-hydrogen) atoms. The van der Waals surface area contributed by atoms with Crippen LogP contribution in [-0.2, 0) is 10.2 Å². The molecule has 0 atom stereocenters. The minimum Gasteiger partial charge on any atom is -0.427 e. The van der Waals surface area contributed by atoms with E-state index in [0.29, 0.717) is 18.6 Å². The van der Waals surface area contributed by atoms with E-state index in [4.69, 9.17) is 4.74 Å². The van der Waals surface area contributed by atoms with Crippen LogP contribution >= 0.6 is 15.9 Å². The molecule has 0 aliphatic rings. The van der Waals surface area contributed by atoms with Crippen molar-refractivity contribution in [3.05, 3.63) is 138 Å². The highest BCUT2D eigenvalue weighted by molar-refractivity contribution is 9.12. The van der Waals surface area contributed by atoms with E-state index in [0.717, 1.165) is 22.3 Å². The topological polar surface area (TPSA) is 26.3 Å². The number of hydrogen-bond acceptors (Lipinski definition) is 2. The number of esters is 1. The van der Waals surface area contributed by atoms with Crippen LogP contribution in [0, 0.1) is 34.4 Å². The van der Waals surface area contributed by atoms with Crippen molar-refractivity contribution in [1.29, 1.82) is 0 Å². The first-order chi connectivity index (χ1) is 18.7. The summed E-state index contributed by atoms with van der Waals surface area (Å²) in [6, 6.07) is 39.4. The molecule has 0 unspecified atom stereocenters. The predicted molar refractivity (Wildman–Crippen MR) is 156 cm³/mol. The van der Waals surface area contributed by atoms with Gasteiger partial charge >= 0.3 is 5.97 Å². The third-order valence-electron chi connectivity index (χ3n) is 6.15. The van der Waals surface area contributed by atoms with E-state index in [1.807, 2.05) is 30.3 Å². The van der Waals surface area contributed by atoms with E-state index >= 15 is 0 Å². The standard InChI is InChI=1S/C35H25BrO2/c36-28-16-5-3-1-2-4-15-23-34(37)38-33-26-24-32(25-27-33)35(29-17-9-6-10-18-29,30-19-11-7-12-20-30)31-21-13-8-14-22-31/h6-14,17-22,24-27H,4,15,23H2. The second-order valence-corrected chi connectivity index (χ2v) is 8.87. The average molecular weight is 557 g/mol. The Hall–Kier alpha value is -4.49. The fraction of sp³-hybridized carbons (Fsp3) is 0.114. The Bertz CT molecular complexity index is 1430. The highest BCUT2D eigenvalue weighted by Gasteiger charge is 2.38. The molecule has 3 heteroatoms. The van der Waals surface area contributed by atoms with Crippen LogP contribution < -0.4 is 4.74 Å². The summed E-state index contributed by atoms with van der Waals surface area (Å²) in [7, 11) is 0. The van der Waals surface area contributed by atoms with E-state index in [-0.39, 0.29) is 12.4 Å². The molecule has 4 rings (SSSR count). The molecular formula is C35H25BrO2. The molecule has 0 fully saturated rings. The molecule has 2 nitrogen and oxygen atoms in total. The largest absolute Gasteiger partial charge is 0.427 e. The molecule has 0 spiro atoms. The van der Waals surface area contributed by atoms with E-state index in [1.54, 1.807) is 0 Å². The molecular weight excluding hydrogens is 532 g/mol. The molecule has 0 bridgehead atoms. The number of carbonyl (C=O) groups is 1. The molecule has 0 aliphatic carbocycles. The molecule has 184 valence electrons. The summed E-state index contributed by atoms with van der Waals surface area (Å²) in [5.74, 6) is 13.7. The molecule has 0 radical (unpaired) electrons. The van der Waals surface area contributed by atoms with Crippen LogP contribution in [0.2, 0.25) is 0 Å². The van der Waals surface area contributed by atoms with Gasteiger partial charge in [0.1, 0.15) is 5.75 Å². The maximum atomic E-state index is 12.4. The van der Waals surface area contributed by atoms with Crippen LogP contribution in [0.4, 0.5) is 0 Å². The Morgan fingerprint density at radius 2 is 1.11 bits per heavy atom. The van der Waals surface area contributed by atoms with Crippen LogP contribution in [0.25, 0.3) is 0 Å². The minimum atomic E-state index is -0.534. The lowest BCUT2D eigenvalue weighted by molar-refractivity contribution is -0.134. The van der Waals surface area contributed by atoms with E-state index in [1.165, 1.54) is 0 Å². The average Bonchev–Trinajstić information content (AvgIpc) is 2.97. The summed E-state index contributed by atoms with van der Waals surface area (Å²) < 4.78 is 5.62. The number of hydrogen-bond donors (Lipinski definition) is 0. The minimum absolute atomic E-state index is 0.281. The van der Waals surface area contributed by atoms with Gasteiger partial charge in [-0.1, -0.05) is 109 Å². The lowest BCUT2D eigenvalue weighted by Gasteiger charge is -2.36. The Kier molecular flexibility index (Phi) is 9.59. The summed E-state index contributed by atoms with van der Waals surface area (Å²) in [6.07, 6.45) is 1.46. The van der Waals surface area contributed by atoms with Crippen LogP contribution in [0.5, 0.6) is 5.75 Å². The van der Waals surface area contributed by atoms with Gasteiger partial charge in [-0.2, -0.15) is 0 Å². The number of halogens is 1. The van der Waals surface area contributed by atoms with Gasteiger partial charge in [-0.15, -0.1) is 0 Å². The summed E-state index contributed by atoms with van der Waals surface area (Å²) >= 11 is 2.97. The van der Waals surface area contributed by atoms with Crippen LogP contribution in [0.1, 0.15) is 41.5 Å². The van der Waals surface area contributed by atoms with Gasteiger partial charge < -0.3 is 4.74 Å². The van der Waals surface area contributed by atoms with Crippen molar-refractivity contribution in [3.8, 4) is 40.2 Å². The van der Waals surface area contributed by atoms with Crippen molar-refractivity contribution in [2.45, 2.75) is 24.7 Å². The third-order valence-corrected chi connectivity index (χ3v) is 6.34. The number of ether oxygens (including phenoxy) is 1. The summed E-state index contributed by atoms with van der Waals surface area (Å²) in [4.78, 5) is 14.9. The Balaban J connectivity index is 1.59. The first-order valence-corrected chi connectivity index (χ1v) is 13.1. The van der Waals surface area contributed by atoms with Gasteiger partial charge in [-0.05, 0) is 69.3 Å². The van der Waals surface area contributed by atoms with Gasteiger partial charge in [0.05, 0.1) is 5.41 Å². The van der Waals surface area contributed by atoms with Crippen molar-refractivity contribution in [2.75, 3.05) is 0 Å². The fourth-order valence-corrected chi connectivity index (χ4v) is 4.63. The van der Waals surface area contributed by atoms with Gasteiger partial charge in [0, 0.05) is 28.8 Å². The highest BCUT2D eigenvalue weighted by atomic mass is 79.9. The van der Waals surface area contributed by atoms with Crippen LogP contribution in [0.15, 0.2) is 115 Å². The lowest BCUT2D eigenvalue weighted by Crippen LogP contribution is -2.30. The van der Waals surface area contributed by atoms with E-state index in [2.05, 4.69) is 135 Å².